The number of carbonyl (C=O) groups is 1. The summed E-state index contributed by atoms with van der Waals surface area (Å²) in [5.41, 5.74) is 0.621. The fourth-order valence-corrected chi connectivity index (χ4v) is 3.10. The van der Waals surface area contributed by atoms with E-state index in [4.69, 9.17) is 4.74 Å². The van der Waals surface area contributed by atoms with E-state index in [0.29, 0.717) is 24.7 Å². The largest absolute Gasteiger partial charge is 0.497 e. The predicted molar refractivity (Wildman–Crippen MR) is 106 cm³/mol. The van der Waals surface area contributed by atoms with Crippen molar-refractivity contribution in [1.82, 2.24) is 16.0 Å². The molecule has 0 bridgehead atoms. The number of aliphatic imine (C=N–C) groups is 1. The van der Waals surface area contributed by atoms with Crippen LogP contribution in [0.15, 0.2) is 29.3 Å². The number of guanidine groups is 1. The molecule has 1 aromatic rings. The molecular weight excluding hydrogens is 328 g/mol. The SMILES string of the molecule is CCNC(=NCCNC(=O)c1ccc(OC)cc1)NC1CCC(C)CC1. The van der Waals surface area contributed by atoms with Crippen LogP contribution in [-0.2, 0) is 0 Å². The Morgan fingerprint density at radius 1 is 1.15 bits per heavy atom. The molecule has 1 fully saturated rings. The summed E-state index contributed by atoms with van der Waals surface area (Å²) in [6, 6.07) is 7.58. The Morgan fingerprint density at radius 3 is 2.46 bits per heavy atom. The molecule has 3 N–H and O–H groups in total. The maximum absolute atomic E-state index is 12.1. The minimum absolute atomic E-state index is 0.0953. The van der Waals surface area contributed by atoms with Crippen LogP contribution in [0.5, 0.6) is 5.75 Å². The minimum atomic E-state index is -0.0953. The van der Waals surface area contributed by atoms with E-state index in [0.717, 1.165) is 24.2 Å². The van der Waals surface area contributed by atoms with Crippen LogP contribution in [0.1, 0.15) is 49.9 Å². The first-order valence-corrected chi connectivity index (χ1v) is 9.59. The molecule has 0 radical (unpaired) electrons. The zero-order chi connectivity index (χ0) is 18.8. The molecule has 1 saturated carbocycles. The lowest BCUT2D eigenvalue weighted by Crippen LogP contribution is -2.45. The van der Waals surface area contributed by atoms with Gasteiger partial charge in [-0.05, 0) is 62.8 Å². The molecule has 0 heterocycles. The summed E-state index contributed by atoms with van der Waals surface area (Å²) < 4.78 is 5.10. The maximum atomic E-state index is 12.1. The molecule has 0 spiro atoms. The Labute approximate surface area is 156 Å². The van der Waals surface area contributed by atoms with Gasteiger partial charge in [-0.2, -0.15) is 0 Å². The predicted octanol–water partition coefficient (Wildman–Crippen LogP) is 2.56. The van der Waals surface area contributed by atoms with Gasteiger partial charge in [-0.15, -0.1) is 0 Å². The molecule has 1 aliphatic carbocycles. The first-order chi connectivity index (χ1) is 12.6. The minimum Gasteiger partial charge on any atom is -0.497 e. The second-order valence-corrected chi connectivity index (χ2v) is 6.85. The fourth-order valence-electron chi connectivity index (χ4n) is 3.10. The van der Waals surface area contributed by atoms with Crippen molar-refractivity contribution in [3.63, 3.8) is 0 Å². The van der Waals surface area contributed by atoms with Gasteiger partial charge < -0.3 is 20.7 Å². The summed E-state index contributed by atoms with van der Waals surface area (Å²) in [7, 11) is 1.61. The number of amides is 1. The van der Waals surface area contributed by atoms with Crippen LogP contribution in [-0.4, -0.2) is 44.7 Å². The van der Waals surface area contributed by atoms with Gasteiger partial charge in [-0.25, -0.2) is 0 Å². The highest BCUT2D eigenvalue weighted by Crippen LogP contribution is 2.23. The summed E-state index contributed by atoms with van der Waals surface area (Å²) >= 11 is 0. The summed E-state index contributed by atoms with van der Waals surface area (Å²) in [6.07, 6.45) is 4.93. The van der Waals surface area contributed by atoms with Crippen LogP contribution in [0.4, 0.5) is 0 Å². The molecule has 1 aromatic carbocycles. The number of nitrogens with zero attached hydrogens (tertiary/aromatic N) is 1. The van der Waals surface area contributed by atoms with Crippen molar-refractivity contribution in [2.75, 3.05) is 26.7 Å². The van der Waals surface area contributed by atoms with Gasteiger partial charge in [-0.1, -0.05) is 6.92 Å². The molecule has 0 aliphatic heterocycles. The molecule has 1 amide bonds. The number of hydrogen-bond acceptors (Lipinski definition) is 3. The number of ether oxygens (including phenoxy) is 1. The van der Waals surface area contributed by atoms with E-state index in [1.54, 1.807) is 31.4 Å². The van der Waals surface area contributed by atoms with Crippen LogP contribution in [0, 0.1) is 5.92 Å². The Kier molecular flexibility index (Phi) is 8.25. The standard InChI is InChI=1S/C20H32N4O2/c1-4-21-20(24-17-9-5-15(2)6-10-17)23-14-13-22-19(25)16-7-11-18(26-3)12-8-16/h7-8,11-12,15,17H,4-6,9-10,13-14H2,1-3H3,(H,22,25)(H2,21,23,24). The van der Waals surface area contributed by atoms with E-state index in [2.05, 4.69) is 34.8 Å². The van der Waals surface area contributed by atoms with Crippen molar-refractivity contribution in [2.45, 2.75) is 45.6 Å². The normalized spacial score (nSPS) is 20.3. The van der Waals surface area contributed by atoms with Gasteiger partial charge in [0.15, 0.2) is 5.96 Å². The van der Waals surface area contributed by atoms with Crippen LogP contribution in [0.2, 0.25) is 0 Å². The van der Waals surface area contributed by atoms with Gasteiger partial charge in [0.05, 0.1) is 13.7 Å². The van der Waals surface area contributed by atoms with E-state index >= 15 is 0 Å². The van der Waals surface area contributed by atoms with Crippen LogP contribution in [0.25, 0.3) is 0 Å². The smallest absolute Gasteiger partial charge is 0.251 e. The highest BCUT2D eigenvalue weighted by molar-refractivity contribution is 5.94. The second kappa shape index (κ2) is 10.7. The first kappa shape index (κ1) is 20.1. The molecule has 1 aliphatic rings. The van der Waals surface area contributed by atoms with Gasteiger partial charge in [0.25, 0.3) is 5.91 Å². The quantitative estimate of drug-likeness (QED) is 0.397. The molecule has 6 heteroatoms. The van der Waals surface area contributed by atoms with E-state index in [9.17, 15) is 4.79 Å². The Morgan fingerprint density at radius 2 is 1.85 bits per heavy atom. The van der Waals surface area contributed by atoms with Gasteiger partial charge >= 0.3 is 0 Å². The van der Waals surface area contributed by atoms with E-state index in [-0.39, 0.29) is 5.91 Å². The third-order valence-corrected chi connectivity index (χ3v) is 4.72. The third kappa shape index (κ3) is 6.58. The van der Waals surface area contributed by atoms with Gasteiger partial charge in [0, 0.05) is 24.7 Å². The zero-order valence-corrected chi connectivity index (χ0v) is 16.2. The molecule has 0 saturated heterocycles. The number of benzene rings is 1. The van der Waals surface area contributed by atoms with Crippen molar-refractivity contribution in [2.24, 2.45) is 10.9 Å². The monoisotopic (exact) mass is 360 g/mol. The molecule has 0 atom stereocenters. The van der Waals surface area contributed by atoms with Crippen molar-refractivity contribution < 1.29 is 9.53 Å². The highest BCUT2D eigenvalue weighted by atomic mass is 16.5. The lowest BCUT2D eigenvalue weighted by atomic mass is 9.87. The van der Waals surface area contributed by atoms with E-state index in [1.165, 1.54) is 25.7 Å². The Hall–Kier alpha value is -2.24. The van der Waals surface area contributed by atoms with Crippen LogP contribution >= 0.6 is 0 Å². The fraction of sp³-hybridized carbons (Fsp3) is 0.600. The van der Waals surface area contributed by atoms with Crippen molar-refractivity contribution in [3.05, 3.63) is 29.8 Å². The van der Waals surface area contributed by atoms with Gasteiger partial charge in [0.1, 0.15) is 5.75 Å². The molecule has 0 aromatic heterocycles. The topological polar surface area (TPSA) is 74.8 Å². The molecule has 2 rings (SSSR count). The average molecular weight is 361 g/mol. The molecule has 0 unspecified atom stereocenters. The van der Waals surface area contributed by atoms with E-state index in [1.807, 2.05) is 0 Å². The lowest BCUT2D eigenvalue weighted by Gasteiger charge is -2.28. The van der Waals surface area contributed by atoms with Crippen molar-refractivity contribution in [1.29, 1.82) is 0 Å². The summed E-state index contributed by atoms with van der Waals surface area (Å²) in [4.78, 5) is 16.7. The first-order valence-electron chi connectivity index (χ1n) is 9.59. The molecule has 144 valence electrons. The molecular formula is C20H32N4O2. The second-order valence-electron chi connectivity index (χ2n) is 6.85. The van der Waals surface area contributed by atoms with Crippen LogP contribution in [0.3, 0.4) is 0 Å². The number of rotatable bonds is 7. The molecule has 26 heavy (non-hydrogen) atoms. The van der Waals surface area contributed by atoms with Crippen molar-refractivity contribution in [3.8, 4) is 5.75 Å². The average Bonchev–Trinajstić information content (AvgIpc) is 2.67. The number of carbonyl (C=O) groups excluding carboxylic acids is 1. The van der Waals surface area contributed by atoms with Gasteiger partial charge in [0.2, 0.25) is 0 Å². The van der Waals surface area contributed by atoms with Crippen LogP contribution < -0.4 is 20.7 Å². The van der Waals surface area contributed by atoms with E-state index < -0.39 is 0 Å². The Bertz CT molecular complexity index is 578. The van der Waals surface area contributed by atoms with Gasteiger partial charge in [-0.3, -0.25) is 9.79 Å². The third-order valence-electron chi connectivity index (χ3n) is 4.72. The number of hydrogen-bond donors (Lipinski definition) is 3. The highest BCUT2D eigenvalue weighted by Gasteiger charge is 2.18. The Balaban J connectivity index is 1.76. The number of nitrogens with one attached hydrogen (secondary N) is 3. The maximum Gasteiger partial charge on any atom is 0.251 e. The molecule has 6 nitrogen and oxygen atoms in total. The summed E-state index contributed by atoms with van der Waals surface area (Å²) in [5.74, 6) is 2.32. The summed E-state index contributed by atoms with van der Waals surface area (Å²) in [6.45, 7) is 6.25. The van der Waals surface area contributed by atoms with Crippen molar-refractivity contribution >= 4 is 11.9 Å². The zero-order valence-electron chi connectivity index (χ0n) is 16.2. The number of methoxy groups -OCH3 is 1. The lowest BCUT2D eigenvalue weighted by molar-refractivity contribution is 0.0955. The summed E-state index contributed by atoms with van der Waals surface area (Å²) in [5, 5.41) is 9.71.